The number of non-ortho nitro benzene ring substituents is 1. The highest BCUT2D eigenvalue weighted by atomic mass is 79.9. The zero-order chi connectivity index (χ0) is 25.8. The van der Waals surface area contributed by atoms with E-state index in [2.05, 4.69) is 41.9 Å². The van der Waals surface area contributed by atoms with Crippen LogP contribution in [0.5, 0.6) is 11.5 Å². The molecule has 0 saturated heterocycles. The minimum absolute atomic E-state index is 0.00468. The van der Waals surface area contributed by atoms with E-state index in [0.29, 0.717) is 50.4 Å². The molecule has 11 heteroatoms. The Kier molecular flexibility index (Phi) is 7.80. The van der Waals surface area contributed by atoms with Gasteiger partial charge in [0.2, 0.25) is 0 Å². The van der Waals surface area contributed by atoms with Crippen LogP contribution in [0.15, 0.2) is 73.4 Å². The second kappa shape index (κ2) is 11.0. The average molecular weight is 616 g/mol. The Hall–Kier alpha value is -3.57. The summed E-state index contributed by atoms with van der Waals surface area (Å²) in [6.45, 7) is 4.08. The molecule has 0 amide bonds. The van der Waals surface area contributed by atoms with Crippen molar-refractivity contribution < 1.29 is 14.4 Å². The molecule has 0 aliphatic heterocycles. The second-order valence-electron chi connectivity index (χ2n) is 7.65. The van der Waals surface area contributed by atoms with Crippen molar-refractivity contribution in [3.8, 4) is 11.5 Å². The molecule has 0 fully saturated rings. The first-order chi connectivity index (χ1) is 17.3. The number of hydrogen-bond acceptors (Lipinski definition) is 7. The minimum atomic E-state index is -0.448. The van der Waals surface area contributed by atoms with Crippen LogP contribution in [-0.2, 0) is 6.61 Å². The molecule has 4 rings (SSSR count). The van der Waals surface area contributed by atoms with Crippen LogP contribution in [0.1, 0.15) is 23.9 Å². The van der Waals surface area contributed by atoms with Crippen LogP contribution in [-0.4, -0.2) is 27.4 Å². The number of nitro groups is 1. The summed E-state index contributed by atoms with van der Waals surface area (Å²) in [5.74, 6) is 1.37. The normalized spacial score (nSPS) is 11.2. The Balaban J connectivity index is 1.64. The Morgan fingerprint density at radius 3 is 2.64 bits per heavy atom. The summed E-state index contributed by atoms with van der Waals surface area (Å²) in [6.07, 6.45) is 1.54. The van der Waals surface area contributed by atoms with Crippen LogP contribution in [0.3, 0.4) is 0 Å². The van der Waals surface area contributed by atoms with Gasteiger partial charge in [0.25, 0.3) is 11.2 Å². The number of hydrogen-bond donors (Lipinski definition) is 0. The molecule has 9 nitrogen and oxygen atoms in total. The fourth-order valence-electron chi connectivity index (χ4n) is 3.47. The molecular weight excluding hydrogens is 596 g/mol. The van der Waals surface area contributed by atoms with Gasteiger partial charge in [0.15, 0.2) is 11.5 Å². The molecule has 0 atom stereocenters. The zero-order valence-electron chi connectivity index (χ0n) is 19.3. The Morgan fingerprint density at radius 1 is 1.11 bits per heavy atom. The first kappa shape index (κ1) is 25.5. The Bertz CT molecular complexity index is 1550. The number of fused-ring (bicyclic) bond motifs is 1. The maximum Gasteiger partial charge on any atom is 0.282 e. The summed E-state index contributed by atoms with van der Waals surface area (Å²) in [5.41, 5.74) is 1.61. The van der Waals surface area contributed by atoms with E-state index in [9.17, 15) is 14.9 Å². The number of nitro benzene ring substituents is 1. The van der Waals surface area contributed by atoms with Crippen molar-refractivity contribution in [1.82, 2.24) is 9.66 Å². The molecule has 0 N–H and O–H groups in total. The summed E-state index contributed by atoms with van der Waals surface area (Å²) < 4.78 is 14.3. The van der Waals surface area contributed by atoms with Crippen molar-refractivity contribution in [1.29, 1.82) is 0 Å². The molecule has 1 aromatic heterocycles. The molecule has 0 bridgehead atoms. The van der Waals surface area contributed by atoms with Crippen LogP contribution in [0.2, 0.25) is 0 Å². The molecule has 0 aliphatic carbocycles. The van der Waals surface area contributed by atoms with Gasteiger partial charge >= 0.3 is 0 Å². The van der Waals surface area contributed by atoms with Gasteiger partial charge in [-0.05, 0) is 65.7 Å². The van der Waals surface area contributed by atoms with Gasteiger partial charge in [-0.15, -0.1) is 0 Å². The fraction of sp³-hybridized carbons (Fsp3) is 0.160. The summed E-state index contributed by atoms with van der Waals surface area (Å²) in [7, 11) is 0. The SMILES string of the molecule is CCOc1cc(C=Nn2c(C)nc3ccc(Br)cc3c2=O)c(Br)cc1OCc1cccc([N+](=O)[O-])c1. The summed E-state index contributed by atoms with van der Waals surface area (Å²) in [5, 5.41) is 15.9. The zero-order valence-corrected chi connectivity index (χ0v) is 22.4. The first-order valence-corrected chi connectivity index (χ1v) is 12.4. The van der Waals surface area contributed by atoms with E-state index in [4.69, 9.17) is 9.47 Å². The van der Waals surface area contributed by atoms with Crippen molar-refractivity contribution in [2.75, 3.05) is 6.61 Å². The van der Waals surface area contributed by atoms with E-state index in [0.717, 1.165) is 4.47 Å². The van der Waals surface area contributed by atoms with E-state index in [1.54, 1.807) is 43.3 Å². The molecule has 3 aromatic carbocycles. The summed E-state index contributed by atoms with van der Waals surface area (Å²) >= 11 is 6.91. The predicted octanol–water partition coefficient (Wildman–Crippen LogP) is 6.00. The van der Waals surface area contributed by atoms with Gasteiger partial charge < -0.3 is 9.47 Å². The van der Waals surface area contributed by atoms with Crippen LogP contribution < -0.4 is 15.0 Å². The van der Waals surface area contributed by atoms with Gasteiger partial charge in [-0.2, -0.15) is 9.78 Å². The van der Waals surface area contributed by atoms with Gasteiger partial charge in [0, 0.05) is 26.6 Å². The maximum absolute atomic E-state index is 13.0. The van der Waals surface area contributed by atoms with Crippen LogP contribution >= 0.6 is 31.9 Å². The molecule has 0 aliphatic rings. The predicted molar refractivity (Wildman–Crippen MR) is 144 cm³/mol. The smallest absolute Gasteiger partial charge is 0.282 e. The van der Waals surface area contributed by atoms with Gasteiger partial charge in [0.05, 0.1) is 28.6 Å². The lowest BCUT2D eigenvalue weighted by molar-refractivity contribution is -0.384. The van der Waals surface area contributed by atoms with Crippen LogP contribution in [0.25, 0.3) is 10.9 Å². The molecule has 0 saturated carbocycles. The number of aromatic nitrogens is 2. The second-order valence-corrected chi connectivity index (χ2v) is 9.42. The number of aryl methyl sites for hydroxylation is 1. The highest BCUT2D eigenvalue weighted by Gasteiger charge is 2.13. The number of nitrogens with zero attached hydrogens (tertiary/aromatic N) is 4. The van der Waals surface area contributed by atoms with Crippen molar-refractivity contribution in [2.24, 2.45) is 5.10 Å². The lowest BCUT2D eigenvalue weighted by Gasteiger charge is -2.14. The quantitative estimate of drug-likeness (QED) is 0.137. The van der Waals surface area contributed by atoms with Crippen molar-refractivity contribution in [3.05, 3.63) is 101 Å². The summed E-state index contributed by atoms with van der Waals surface area (Å²) in [6, 6.07) is 15.0. The molecule has 0 spiro atoms. The van der Waals surface area contributed by atoms with E-state index in [1.807, 2.05) is 13.0 Å². The van der Waals surface area contributed by atoms with Crippen LogP contribution in [0.4, 0.5) is 5.69 Å². The lowest BCUT2D eigenvalue weighted by atomic mass is 10.2. The Labute approximate surface area is 222 Å². The average Bonchev–Trinajstić information content (AvgIpc) is 2.85. The molecule has 4 aromatic rings. The monoisotopic (exact) mass is 614 g/mol. The minimum Gasteiger partial charge on any atom is -0.490 e. The molecule has 184 valence electrons. The highest BCUT2D eigenvalue weighted by Crippen LogP contribution is 2.34. The Morgan fingerprint density at radius 2 is 1.89 bits per heavy atom. The van der Waals surface area contributed by atoms with Gasteiger partial charge in [-0.3, -0.25) is 14.9 Å². The van der Waals surface area contributed by atoms with Crippen LogP contribution in [0, 0.1) is 17.0 Å². The van der Waals surface area contributed by atoms with Crippen molar-refractivity contribution in [3.63, 3.8) is 0 Å². The lowest BCUT2D eigenvalue weighted by Crippen LogP contribution is -2.20. The van der Waals surface area contributed by atoms with E-state index >= 15 is 0 Å². The van der Waals surface area contributed by atoms with Crippen molar-refractivity contribution in [2.45, 2.75) is 20.5 Å². The molecular formula is C25H20Br2N4O5. The third-order valence-electron chi connectivity index (χ3n) is 5.16. The number of rotatable bonds is 8. The molecule has 0 radical (unpaired) electrons. The van der Waals surface area contributed by atoms with Gasteiger partial charge in [-0.1, -0.05) is 28.1 Å². The third kappa shape index (κ3) is 5.63. The molecule has 0 unspecified atom stereocenters. The standard InChI is InChI=1S/C25H20Br2N4O5/c1-3-35-23-10-17(13-28-30-15(2)29-22-8-7-18(26)11-20(22)25(30)32)21(27)12-24(23)36-14-16-5-4-6-19(9-16)31(33)34/h4-13H,3,14H2,1-2H3. The van der Waals surface area contributed by atoms with Gasteiger partial charge in [0.1, 0.15) is 12.4 Å². The van der Waals surface area contributed by atoms with Crippen molar-refractivity contribution >= 4 is 54.7 Å². The third-order valence-corrected chi connectivity index (χ3v) is 6.34. The summed E-state index contributed by atoms with van der Waals surface area (Å²) in [4.78, 5) is 28.1. The number of halogens is 2. The number of ether oxygens (including phenoxy) is 2. The fourth-order valence-corrected chi connectivity index (χ4v) is 4.25. The first-order valence-electron chi connectivity index (χ1n) is 10.8. The largest absolute Gasteiger partial charge is 0.490 e. The highest BCUT2D eigenvalue weighted by molar-refractivity contribution is 9.10. The maximum atomic E-state index is 13.0. The van der Waals surface area contributed by atoms with E-state index in [1.165, 1.54) is 23.0 Å². The molecule has 36 heavy (non-hydrogen) atoms. The van der Waals surface area contributed by atoms with E-state index in [-0.39, 0.29) is 17.9 Å². The van der Waals surface area contributed by atoms with E-state index < -0.39 is 4.92 Å². The van der Waals surface area contributed by atoms with Gasteiger partial charge in [-0.25, -0.2) is 4.98 Å². The molecule has 1 heterocycles. The number of benzene rings is 3. The topological polar surface area (TPSA) is 109 Å².